The van der Waals surface area contributed by atoms with Gasteiger partial charge in [-0.3, -0.25) is 10.1 Å². The van der Waals surface area contributed by atoms with Gasteiger partial charge in [-0.2, -0.15) is 0 Å². The third kappa shape index (κ3) is 3.45. The number of aromatic nitrogens is 2. The highest BCUT2D eigenvalue weighted by Gasteiger charge is 2.51. The van der Waals surface area contributed by atoms with E-state index in [0.717, 1.165) is 12.1 Å². The number of rotatable bonds is 3. The van der Waals surface area contributed by atoms with Gasteiger partial charge in [0.2, 0.25) is 5.95 Å². The molecule has 2 heterocycles. The van der Waals surface area contributed by atoms with Crippen molar-refractivity contribution in [3.63, 3.8) is 0 Å². The molecule has 1 aromatic carbocycles. The average molecular weight is 361 g/mol. The molecule has 0 radical (unpaired) electrons. The predicted octanol–water partition coefficient (Wildman–Crippen LogP) is 2.31. The van der Waals surface area contributed by atoms with Gasteiger partial charge < -0.3 is 9.31 Å². The van der Waals surface area contributed by atoms with E-state index >= 15 is 0 Å². The maximum absolute atomic E-state index is 13.2. The lowest BCUT2D eigenvalue weighted by Crippen LogP contribution is -2.41. The first-order valence-corrected chi connectivity index (χ1v) is 8.03. The fourth-order valence-corrected chi connectivity index (χ4v) is 2.31. The van der Waals surface area contributed by atoms with Gasteiger partial charge >= 0.3 is 7.12 Å². The number of hydrogen-bond acceptors (Lipinski definition) is 5. The molecule has 0 spiro atoms. The quantitative estimate of drug-likeness (QED) is 0.850. The van der Waals surface area contributed by atoms with Crippen LogP contribution in [0.15, 0.2) is 30.6 Å². The summed E-state index contributed by atoms with van der Waals surface area (Å²) in [6.45, 7) is 7.74. The Balaban J connectivity index is 1.70. The first kappa shape index (κ1) is 18.4. The van der Waals surface area contributed by atoms with Gasteiger partial charge in [0.05, 0.1) is 11.2 Å². The van der Waals surface area contributed by atoms with Crippen molar-refractivity contribution in [2.24, 2.45) is 0 Å². The molecule has 0 saturated carbocycles. The molecule has 1 aromatic heterocycles. The summed E-state index contributed by atoms with van der Waals surface area (Å²) in [6.07, 6.45) is 2.96. The lowest BCUT2D eigenvalue weighted by atomic mass is 9.81. The number of benzene rings is 1. The van der Waals surface area contributed by atoms with Crippen LogP contribution in [-0.4, -0.2) is 34.2 Å². The Morgan fingerprint density at radius 3 is 2.15 bits per heavy atom. The molecule has 0 unspecified atom stereocenters. The Labute approximate surface area is 150 Å². The molecule has 26 heavy (non-hydrogen) atoms. The van der Waals surface area contributed by atoms with E-state index in [4.69, 9.17) is 9.31 Å². The van der Waals surface area contributed by atoms with Gasteiger partial charge in [-0.15, -0.1) is 0 Å². The van der Waals surface area contributed by atoms with Crippen LogP contribution in [-0.2, 0) is 9.31 Å². The second kappa shape index (κ2) is 6.41. The molecule has 1 aliphatic heterocycles. The summed E-state index contributed by atoms with van der Waals surface area (Å²) in [5.41, 5.74) is -0.411. The van der Waals surface area contributed by atoms with Gasteiger partial charge in [0.1, 0.15) is 0 Å². The van der Waals surface area contributed by atoms with Gasteiger partial charge in [-0.25, -0.2) is 18.7 Å². The van der Waals surface area contributed by atoms with Crippen LogP contribution in [0.2, 0.25) is 0 Å². The number of nitrogens with one attached hydrogen (secondary N) is 1. The maximum Gasteiger partial charge on any atom is 0.498 e. The first-order chi connectivity index (χ1) is 12.1. The average Bonchev–Trinajstić information content (AvgIpc) is 2.78. The van der Waals surface area contributed by atoms with E-state index in [1.165, 1.54) is 18.5 Å². The number of carbonyl (C=O) groups excluding carboxylic acids is 1. The molecule has 2 aromatic rings. The zero-order chi connectivity index (χ0) is 19.1. The molecule has 0 bridgehead atoms. The lowest BCUT2D eigenvalue weighted by molar-refractivity contribution is 0.00578. The number of amides is 1. The second-order valence-electron chi connectivity index (χ2n) is 7.01. The molecule has 0 atom stereocenters. The van der Waals surface area contributed by atoms with Crippen molar-refractivity contribution in [1.82, 2.24) is 9.97 Å². The van der Waals surface area contributed by atoms with Crippen LogP contribution >= 0.6 is 0 Å². The second-order valence-corrected chi connectivity index (χ2v) is 7.01. The van der Waals surface area contributed by atoms with Crippen LogP contribution < -0.4 is 10.8 Å². The molecule has 1 amide bonds. The van der Waals surface area contributed by atoms with Gasteiger partial charge in [0.25, 0.3) is 5.91 Å². The lowest BCUT2D eigenvalue weighted by Gasteiger charge is -2.32. The third-order valence-corrected chi connectivity index (χ3v) is 4.60. The van der Waals surface area contributed by atoms with Crippen molar-refractivity contribution < 1.29 is 22.9 Å². The highest BCUT2D eigenvalue weighted by atomic mass is 19.2. The summed E-state index contributed by atoms with van der Waals surface area (Å²) < 4.78 is 37.9. The summed E-state index contributed by atoms with van der Waals surface area (Å²) >= 11 is 0. The van der Waals surface area contributed by atoms with Crippen LogP contribution in [0.25, 0.3) is 0 Å². The van der Waals surface area contributed by atoms with Gasteiger partial charge in [-0.05, 0) is 45.9 Å². The van der Waals surface area contributed by atoms with Crippen LogP contribution in [0.3, 0.4) is 0 Å². The predicted molar refractivity (Wildman–Crippen MR) is 92.1 cm³/mol. The van der Waals surface area contributed by atoms with Gasteiger partial charge in [0.15, 0.2) is 11.6 Å². The van der Waals surface area contributed by atoms with Gasteiger partial charge in [0, 0.05) is 23.4 Å². The highest BCUT2D eigenvalue weighted by molar-refractivity contribution is 6.61. The van der Waals surface area contributed by atoms with Crippen LogP contribution in [0, 0.1) is 11.6 Å². The largest absolute Gasteiger partial charge is 0.498 e. The van der Waals surface area contributed by atoms with Crippen molar-refractivity contribution in [3.05, 3.63) is 47.8 Å². The number of nitrogens with zero attached hydrogens (tertiary/aromatic N) is 2. The summed E-state index contributed by atoms with van der Waals surface area (Å²) in [6, 6.07) is 2.86. The molecule has 0 aliphatic carbocycles. The number of carbonyl (C=O) groups is 1. The summed E-state index contributed by atoms with van der Waals surface area (Å²) in [5, 5.41) is 2.42. The van der Waals surface area contributed by atoms with Crippen molar-refractivity contribution in [2.75, 3.05) is 5.32 Å². The number of halogens is 2. The van der Waals surface area contributed by atoms with E-state index in [9.17, 15) is 13.6 Å². The van der Waals surface area contributed by atoms with Crippen LogP contribution in [0.5, 0.6) is 0 Å². The monoisotopic (exact) mass is 361 g/mol. The standard InChI is InChI=1S/C17H18BF2N3O3/c1-16(2)17(3,4)26-18(25-16)11-8-21-15(22-9-11)23-14(24)10-5-6-12(19)13(20)7-10/h5-9H,1-4H3,(H,21,22,23,24). The zero-order valence-corrected chi connectivity index (χ0v) is 14.8. The molecule has 3 rings (SSSR count). The smallest absolute Gasteiger partial charge is 0.399 e. The Bertz CT molecular complexity index is 828. The number of anilines is 1. The summed E-state index contributed by atoms with van der Waals surface area (Å²) in [7, 11) is -0.615. The zero-order valence-electron chi connectivity index (χ0n) is 14.8. The normalized spacial score (nSPS) is 18.0. The Morgan fingerprint density at radius 2 is 1.62 bits per heavy atom. The van der Waals surface area contributed by atoms with E-state index in [1.54, 1.807) is 0 Å². The molecule has 1 saturated heterocycles. The molecule has 136 valence electrons. The van der Waals surface area contributed by atoms with Crippen molar-refractivity contribution in [1.29, 1.82) is 0 Å². The third-order valence-electron chi connectivity index (χ3n) is 4.60. The Morgan fingerprint density at radius 1 is 1.04 bits per heavy atom. The van der Waals surface area contributed by atoms with E-state index in [1.807, 2.05) is 27.7 Å². The Kier molecular flexibility index (Phi) is 4.53. The minimum atomic E-state index is -1.10. The van der Waals surface area contributed by atoms with Crippen LogP contribution in [0.4, 0.5) is 14.7 Å². The molecular formula is C17H18BF2N3O3. The minimum absolute atomic E-state index is 0.0278. The number of hydrogen-bond donors (Lipinski definition) is 1. The molecule has 1 fully saturated rings. The van der Waals surface area contributed by atoms with E-state index in [-0.39, 0.29) is 11.5 Å². The van der Waals surface area contributed by atoms with Crippen molar-refractivity contribution in [3.8, 4) is 0 Å². The molecule has 1 aliphatic rings. The molecule has 9 heteroatoms. The van der Waals surface area contributed by atoms with Crippen molar-refractivity contribution >= 4 is 24.4 Å². The molecular weight excluding hydrogens is 343 g/mol. The van der Waals surface area contributed by atoms with E-state index < -0.39 is 35.9 Å². The van der Waals surface area contributed by atoms with E-state index in [2.05, 4.69) is 15.3 Å². The SMILES string of the molecule is CC1(C)OB(c2cnc(NC(=O)c3ccc(F)c(F)c3)nc2)OC1(C)C. The Hall–Kier alpha value is -2.39. The van der Waals surface area contributed by atoms with Gasteiger partial charge in [-0.1, -0.05) is 0 Å². The topological polar surface area (TPSA) is 73.3 Å². The maximum atomic E-state index is 13.2. The fraction of sp³-hybridized carbons (Fsp3) is 0.353. The first-order valence-electron chi connectivity index (χ1n) is 8.03. The molecule has 1 N–H and O–H groups in total. The minimum Gasteiger partial charge on any atom is -0.399 e. The fourth-order valence-electron chi connectivity index (χ4n) is 2.31. The van der Waals surface area contributed by atoms with Crippen molar-refractivity contribution in [2.45, 2.75) is 38.9 Å². The summed E-state index contributed by atoms with van der Waals surface area (Å²) in [5.74, 6) is -2.74. The summed E-state index contributed by atoms with van der Waals surface area (Å²) in [4.78, 5) is 20.2. The van der Waals surface area contributed by atoms with Crippen LogP contribution in [0.1, 0.15) is 38.1 Å². The highest BCUT2D eigenvalue weighted by Crippen LogP contribution is 2.36. The molecule has 6 nitrogen and oxygen atoms in total. The van der Waals surface area contributed by atoms with E-state index in [0.29, 0.717) is 5.46 Å².